The molecule has 0 bridgehead atoms. The number of nitrogens with zero attached hydrogens (tertiary/aromatic N) is 1. The quantitative estimate of drug-likeness (QED) is 0.747. The molecule has 0 saturated heterocycles. The molecular formula is C12H23N3. The van der Waals surface area contributed by atoms with Gasteiger partial charge in [-0.2, -0.15) is 0 Å². The van der Waals surface area contributed by atoms with Gasteiger partial charge >= 0.3 is 0 Å². The number of aromatic nitrogens is 1. The topological polar surface area (TPSA) is 31.1 Å². The molecule has 1 rings (SSSR count). The average molecular weight is 209 g/mol. The lowest BCUT2D eigenvalue weighted by Gasteiger charge is -2.28. The molecule has 1 atom stereocenters. The van der Waals surface area contributed by atoms with Gasteiger partial charge in [0, 0.05) is 31.0 Å². The Kier molecular flexibility index (Phi) is 4.85. The molecule has 0 spiro atoms. The molecule has 0 radical (unpaired) electrons. The lowest BCUT2D eigenvalue weighted by molar-refractivity contribution is 0.224. The summed E-state index contributed by atoms with van der Waals surface area (Å²) in [6.07, 6.45) is 1.96. The zero-order valence-electron chi connectivity index (χ0n) is 10.2. The van der Waals surface area contributed by atoms with Crippen molar-refractivity contribution >= 4 is 0 Å². The Labute approximate surface area is 92.9 Å². The van der Waals surface area contributed by atoms with E-state index in [2.05, 4.69) is 49.2 Å². The van der Waals surface area contributed by atoms with E-state index in [4.69, 9.17) is 0 Å². The van der Waals surface area contributed by atoms with Gasteiger partial charge in [-0.25, -0.2) is 0 Å². The number of hydrogen-bond acceptors (Lipinski definition) is 2. The standard InChI is InChI=1S/C12H23N3/c1-10(2)12(15(3)4)9-13-8-11-6-5-7-14-11/h5-7,10,12-14H,8-9H2,1-4H3. The summed E-state index contributed by atoms with van der Waals surface area (Å²) in [6, 6.07) is 4.73. The van der Waals surface area contributed by atoms with Crippen molar-refractivity contribution in [1.29, 1.82) is 0 Å². The minimum atomic E-state index is 0.597. The van der Waals surface area contributed by atoms with Crippen molar-refractivity contribution in [2.45, 2.75) is 26.4 Å². The number of H-pyrrole nitrogens is 1. The van der Waals surface area contributed by atoms with E-state index < -0.39 is 0 Å². The third-order valence-electron chi connectivity index (χ3n) is 2.76. The second-order valence-electron chi connectivity index (χ2n) is 4.60. The van der Waals surface area contributed by atoms with E-state index >= 15 is 0 Å². The highest BCUT2D eigenvalue weighted by atomic mass is 15.1. The van der Waals surface area contributed by atoms with Crippen molar-refractivity contribution in [3.8, 4) is 0 Å². The zero-order valence-corrected chi connectivity index (χ0v) is 10.2. The number of rotatable bonds is 6. The molecule has 2 N–H and O–H groups in total. The van der Waals surface area contributed by atoms with Crippen LogP contribution in [0.1, 0.15) is 19.5 Å². The van der Waals surface area contributed by atoms with Crippen LogP contribution in [0.4, 0.5) is 0 Å². The van der Waals surface area contributed by atoms with Crippen LogP contribution in [0.5, 0.6) is 0 Å². The van der Waals surface area contributed by atoms with Crippen LogP contribution < -0.4 is 5.32 Å². The highest BCUT2D eigenvalue weighted by molar-refractivity contribution is 5.02. The summed E-state index contributed by atoms with van der Waals surface area (Å²) in [4.78, 5) is 5.48. The van der Waals surface area contributed by atoms with E-state index in [1.165, 1.54) is 5.69 Å². The van der Waals surface area contributed by atoms with Gasteiger partial charge in [0.1, 0.15) is 0 Å². The molecule has 3 heteroatoms. The van der Waals surface area contributed by atoms with Gasteiger partial charge in [0.25, 0.3) is 0 Å². The van der Waals surface area contributed by atoms with E-state index in [1.54, 1.807) is 0 Å². The van der Waals surface area contributed by atoms with Crippen LogP contribution >= 0.6 is 0 Å². The van der Waals surface area contributed by atoms with Gasteiger partial charge in [-0.1, -0.05) is 13.8 Å². The molecule has 0 amide bonds. The number of nitrogens with one attached hydrogen (secondary N) is 2. The van der Waals surface area contributed by atoms with Crippen molar-refractivity contribution in [3.05, 3.63) is 24.0 Å². The van der Waals surface area contributed by atoms with E-state index in [0.29, 0.717) is 12.0 Å². The minimum Gasteiger partial charge on any atom is -0.364 e. The number of hydrogen-bond donors (Lipinski definition) is 2. The van der Waals surface area contributed by atoms with Crippen LogP contribution in [-0.2, 0) is 6.54 Å². The Balaban J connectivity index is 2.28. The first-order valence-electron chi connectivity index (χ1n) is 5.60. The molecule has 0 fully saturated rings. The van der Waals surface area contributed by atoms with E-state index in [0.717, 1.165) is 13.1 Å². The maximum Gasteiger partial charge on any atom is 0.0357 e. The summed E-state index contributed by atoms with van der Waals surface area (Å²) in [5.41, 5.74) is 1.25. The third kappa shape index (κ3) is 4.06. The molecule has 0 saturated carbocycles. The molecule has 0 aliphatic rings. The molecule has 0 aliphatic carbocycles. The van der Waals surface area contributed by atoms with E-state index in [9.17, 15) is 0 Å². The summed E-state index contributed by atoms with van der Waals surface area (Å²) in [7, 11) is 4.28. The second kappa shape index (κ2) is 5.93. The van der Waals surface area contributed by atoms with Gasteiger partial charge in [-0.3, -0.25) is 0 Å². The van der Waals surface area contributed by atoms with Crippen LogP contribution in [-0.4, -0.2) is 36.6 Å². The maximum atomic E-state index is 3.48. The maximum absolute atomic E-state index is 3.48. The third-order valence-corrected chi connectivity index (χ3v) is 2.76. The van der Waals surface area contributed by atoms with Gasteiger partial charge in [-0.15, -0.1) is 0 Å². The lowest BCUT2D eigenvalue weighted by atomic mass is 10.0. The zero-order chi connectivity index (χ0) is 11.3. The summed E-state index contributed by atoms with van der Waals surface area (Å²) in [5, 5.41) is 3.48. The molecule has 1 heterocycles. The van der Waals surface area contributed by atoms with Crippen molar-refractivity contribution < 1.29 is 0 Å². The predicted molar refractivity (Wildman–Crippen MR) is 64.8 cm³/mol. The number of likely N-dealkylation sites (N-methyl/N-ethyl adjacent to an activating group) is 1. The number of aromatic amines is 1. The Bertz CT molecular complexity index is 244. The van der Waals surface area contributed by atoms with Gasteiger partial charge in [0.05, 0.1) is 0 Å². The Morgan fingerprint density at radius 2 is 2.13 bits per heavy atom. The Hall–Kier alpha value is -0.800. The van der Waals surface area contributed by atoms with Crippen LogP contribution in [0.3, 0.4) is 0 Å². The van der Waals surface area contributed by atoms with Crippen LogP contribution in [0, 0.1) is 5.92 Å². The molecule has 1 unspecified atom stereocenters. The smallest absolute Gasteiger partial charge is 0.0357 e. The fourth-order valence-electron chi connectivity index (χ4n) is 1.85. The normalized spacial score (nSPS) is 13.7. The summed E-state index contributed by atoms with van der Waals surface area (Å²) in [5.74, 6) is 0.677. The second-order valence-corrected chi connectivity index (χ2v) is 4.60. The molecule has 15 heavy (non-hydrogen) atoms. The fraction of sp³-hybridized carbons (Fsp3) is 0.667. The molecule has 1 aromatic rings. The van der Waals surface area contributed by atoms with E-state index in [-0.39, 0.29) is 0 Å². The predicted octanol–water partition coefficient (Wildman–Crippen LogP) is 1.69. The first-order chi connectivity index (χ1) is 7.11. The summed E-state index contributed by atoms with van der Waals surface area (Å²) in [6.45, 7) is 6.48. The Morgan fingerprint density at radius 1 is 1.40 bits per heavy atom. The van der Waals surface area contributed by atoms with Crippen LogP contribution in [0.25, 0.3) is 0 Å². The molecule has 86 valence electrons. The SMILES string of the molecule is CC(C)C(CNCc1ccc[nH]1)N(C)C. The van der Waals surface area contributed by atoms with Crippen molar-refractivity contribution in [2.75, 3.05) is 20.6 Å². The molecule has 3 nitrogen and oxygen atoms in total. The van der Waals surface area contributed by atoms with Gasteiger partial charge in [0.15, 0.2) is 0 Å². The average Bonchev–Trinajstić information content (AvgIpc) is 2.63. The minimum absolute atomic E-state index is 0.597. The fourth-order valence-corrected chi connectivity index (χ4v) is 1.85. The van der Waals surface area contributed by atoms with Gasteiger partial charge < -0.3 is 15.2 Å². The van der Waals surface area contributed by atoms with Crippen molar-refractivity contribution in [2.24, 2.45) is 5.92 Å². The molecule has 0 aromatic carbocycles. The van der Waals surface area contributed by atoms with Gasteiger partial charge in [0.2, 0.25) is 0 Å². The van der Waals surface area contributed by atoms with Gasteiger partial charge in [-0.05, 0) is 32.1 Å². The molecule has 1 aromatic heterocycles. The molecule has 0 aliphatic heterocycles. The Morgan fingerprint density at radius 3 is 2.60 bits per heavy atom. The van der Waals surface area contributed by atoms with E-state index in [1.807, 2.05) is 12.3 Å². The highest BCUT2D eigenvalue weighted by Crippen LogP contribution is 2.06. The van der Waals surface area contributed by atoms with Crippen LogP contribution in [0.2, 0.25) is 0 Å². The first kappa shape index (κ1) is 12.3. The highest BCUT2D eigenvalue weighted by Gasteiger charge is 2.14. The summed E-state index contributed by atoms with van der Waals surface area (Å²) >= 11 is 0. The largest absolute Gasteiger partial charge is 0.364 e. The lowest BCUT2D eigenvalue weighted by Crippen LogP contribution is -2.41. The summed E-state index contributed by atoms with van der Waals surface area (Å²) < 4.78 is 0. The van der Waals surface area contributed by atoms with Crippen molar-refractivity contribution in [1.82, 2.24) is 15.2 Å². The van der Waals surface area contributed by atoms with Crippen molar-refractivity contribution in [3.63, 3.8) is 0 Å². The first-order valence-corrected chi connectivity index (χ1v) is 5.60. The monoisotopic (exact) mass is 209 g/mol. The molecular weight excluding hydrogens is 186 g/mol. The van der Waals surface area contributed by atoms with Crippen LogP contribution in [0.15, 0.2) is 18.3 Å².